The fourth-order valence-electron chi connectivity index (χ4n) is 2.65. The summed E-state index contributed by atoms with van der Waals surface area (Å²) in [5.74, 6) is 0.112. The van der Waals surface area contributed by atoms with Gasteiger partial charge in [-0.3, -0.25) is 9.59 Å². The maximum Gasteiger partial charge on any atom is 0.262 e. The van der Waals surface area contributed by atoms with Crippen molar-refractivity contribution in [3.8, 4) is 17.6 Å². The van der Waals surface area contributed by atoms with Crippen LogP contribution in [0, 0.1) is 11.3 Å². The molecule has 0 aliphatic heterocycles. The highest BCUT2D eigenvalue weighted by Crippen LogP contribution is 2.29. The first-order chi connectivity index (χ1) is 15.1. The van der Waals surface area contributed by atoms with Gasteiger partial charge in [0.2, 0.25) is 0 Å². The molecule has 7 nitrogen and oxygen atoms in total. The van der Waals surface area contributed by atoms with Crippen molar-refractivity contribution in [1.82, 2.24) is 5.32 Å². The molecule has 0 saturated heterocycles. The molecule has 0 aliphatic carbocycles. The Kier molecular flexibility index (Phi) is 9.63. The van der Waals surface area contributed by atoms with Crippen LogP contribution in [0.2, 0.25) is 0 Å². The Balaban J connectivity index is 2.08. The highest BCUT2D eigenvalue weighted by Gasteiger charge is 2.12. The van der Waals surface area contributed by atoms with Crippen molar-refractivity contribution in [1.29, 1.82) is 5.26 Å². The Morgan fingerprint density at radius 2 is 1.84 bits per heavy atom. The molecule has 2 aromatic carbocycles. The first-order valence-electron chi connectivity index (χ1n) is 10.2. The molecule has 2 rings (SSSR count). The van der Waals surface area contributed by atoms with Gasteiger partial charge in [-0.05, 0) is 49.2 Å². The third kappa shape index (κ3) is 7.86. The molecule has 2 aromatic rings. The van der Waals surface area contributed by atoms with Crippen LogP contribution in [-0.2, 0) is 9.59 Å². The molecule has 0 bridgehead atoms. The molecule has 0 aliphatic rings. The van der Waals surface area contributed by atoms with Gasteiger partial charge in [0.05, 0.1) is 6.61 Å². The van der Waals surface area contributed by atoms with Gasteiger partial charge in [-0.25, -0.2) is 0 Å². The van der Waals surface area contributed by atoms with E-state index in [1.807, 2.05) is 38.1 Å². The van der Waals surface area contributed by atoms with E-state index in [9.17, 15) is 14.9 Å². The predicted octanol–water partition coefficient (Wildman–Crippen LogP) is 3.93. The van der Waals surface area contributed by atoms with Crippen LogP contribution < -0.4 is 20.1 Å². The van der Waals surface area contributed by atoms with Crippen LogP contribution in [0.3, 0.4) is 0 Å². The summed E-state index contributed by atoms with van der Waals surface area (Å²) < 4.78 is 11.2. The third-order valence-corrected chi connectivity index (χ3v) is 4.18. The predicted molar refractivity (Wildman–Crippen MR) is 120 cm³/mol. The first-order valence-corrected chi connectivity index (χ1v) is 10.2. The number of amides is 2. The second-order valence-electron chi connectivity index (χ2n) is 6.62. The minimum absolute atomic E-state index is 0.00876. The summed E-state index contributed by atoms with van der Waals surface area (Å²) in [5, 5.41) is 14.8. The van der Waals surface area contributed by atoms with Crippen LogP contribution in [0.25, 0.3) is 6.08 Å². The Hall–Kier alpha value is -3.79. The van der Waals surface area contributed by atoms with E-state index in [-0.39, 0.29) is 18.1 Å². The van der Waals surface area contributed by atoms with Gasteiger partial charge in [0, 0.05) is 12.2 Å². The summed E-state index contributed by atoms with van der Waals surface area (Å²) in [6, 6.07) is 16.0. The van der Waals surface area contributed by atoms with E-state index in [4.69, 9.17) is 9.47 Å². The lowest BCUT2D eigenvalue weighted by atomic mass is 10.1. The van der Waals surface area contributed by atoms with Gasteiger partial charge in [-0.15, -0.1) is 0 Å². The lowest BCUT2D eigenvalue weighted by molar-refractivity contribution is -0.118. The van der Waals surface area contributed by atoms with Crippen molar-refractivity contribution in [2.75, 3.05) is 25.1 Å². The zero-order chi connectivity index (χ0) is 22.5. The molecule has 7 heteroatoms. The largest absolute Gasteiger partial charge is 0.490 e. The van der Waals surface area contributed by atoms with Crippen molar-refractivity contribution < 1.29 is 19.1 Å². The molecule has 0 fully saturated rings. The Labute approximate surface area is 182 Å². The second-order valence-corrected chi connectivity index (χ2v) is 6.62. The first kappa shape index (κ1) is 23.5. The van der Waals surface area contributed by atoms with E-state index >= 15 is 0 Å². The quantitative estimate of drug-likeness (QED) is 0.325. The molecule has 2 N–H and O–H groups in total. The molecule has 0 heterocycles. The van der Waals surface area contributed by atoms with E-state index in [1.165, 1.54) is 6.08 Å². The number of carbonyl (C=O) groups is 2. The number of nitriles is 1. The standard InChI is InChI=1S/C24H27N3O4/c1-3-5-13-26-24(29)19(16-25)14-18-11-12-21(22(15-18)30-4-2)31-17-23(28)27-20-9-7-6-8-10-20/h6-12,14-15H,3-5,13,17H2,1-2H3,(H,26,29)(H,27,28)/b19-14+. The zero-order valence-electron chi connectivity index (χ0n) is 17.8. The number of nitrogens with one attached hydrogen (secondary N) is 2. The van der Waals surface area contributed by atoms with Crippen LogP contribution in [0.5, 0.6) is 11.5 Å². The van der Waals surface area contributed by atoms with Crippen LogP contribution >= 0.6 is 0 Å². The third-order valence-electron chi connectivity index (χ3n) is 4.18. The van der Waals surface area contributed by atoms with Gasteiger partial charge in [0.1, 0.15) is 11.6 Å². The molecule has 2 amide bonds. The molecule has 162 valence electrons. The minimum Gasteiger partial charge on any atom is -0.490 e. The Bertz CT molecular complexity index is 949. The number of unbranched alkanes of at least 4 members (excludes halogenated alkanes) is 1. The summed E-state index contributed by atoms with van der Waals surface area (Å²) in [6.07, 6.45) is 3.30. The fraction of sp³-hybridized carbons (Fsp3) is 0.292. The number of nitrogens with zero attached hydrogens (tertiary/aromatic N) is 1. The Morgan fingerprint density at radius 1 is 1.06 bits per heavy atom. The monoisotopic (exact) mass is 421 g/mol. The number of ether oxygens (including phenoxy) is 2. The van der Waals surface area contributed by atoms with Crippen molar-refractivity contribution in [3.63, 3.8) is 0 Å². The van der Waals surface area contributed by atoms with Crippen LogP contribution in [-0.4, -0.2) is 31.6 Å². The van der Waals surface area contributed by atoms with E-state index in [0.29, 0.717) is 35.9 Å². The SMILES string of the molecule is CCCCNC(=O)/C(C#N)=C/c1ccc(OCC(=O)Nc2ccccc2)c(OCC)c1. The molecule has 0 radical (unpaired) electrons. The lowest BCUT2D eigenvalue weighted by Gasteiger charge is -2.13. The second kappa shape index (κ2) is 12.7. The summed E-state index contributed by atoms with van der Waals surface area (Å²) >= 11 is 0. The molecule has 31 heavy (non-hydrogen) atoms. The zero-order valence-corrected chi connectivity index (χ0v) is 17.8. The highest BCUT2D eigenvalue weighted by atomic mass is 16.5. The van der Waals surface area contributed by atoms with Crippen molar-refractivity contribution in [3.05, 3.63) is 59.7 Å². The number of anilines is 1. The van der Waals surface area contributed by atoms with Gasteiger partial charge in [-0.1, -0.05) is 37.6 Å². The van der Waals surface area contributed by atoms with Gasteiger partial charge in [0.15, 0.2) is 18.1 Å². The van der Waals surface area contributed by atoms with Crippen LogP contribution in [0.4, 0.5) is 5.69 Å². The van der Waals surface area contributed by atoms with E-state index in [2.05, 4.69) is 10.6 Å². The van der Waals surface area contributed by atoms with Gasteiger partial charge >= 0.3 is 0 Å². The molecule has 0 spiro atoms. The number of hydrogen-bond acceptors (Lipinski definition) is 5. The molecular weight excluding hydrogens is 394 g/mol. The summed E-state index contributed by atoms with van der Waals surface area (Å²) in [6.45, 7) is 4.58. The van der Waals surface area contributed by atoms with Gasteiger partial charge in [-0.2, -0.15) is 5.26 Å². The number of rotatable bonds is 11. The fourth-order valence-corrected chi connectivity index (χ4v) is 2.65. The summed E-state index contributed by atoms with van der Waals surface area (Å²) in [4.78, 5) is 24.3. The Morgan fingerprint density at radius 3 is 2.52 bits per heavy atom. The van der Waals surface area contributed by atoms with Gasteiger partial charge in [0.25, 0.3) is 11.8 Å². The van der Waals surface area contributed by atoms with E-state index in [0.717, 1.165) is 12.8 Å². The topological polar surface area (TPSA) is 100 Å². The number of hydrogen-bond donors (Lipinski definition) is 2. The molecule has 0 saturated carbocycles. The van der Waals surface area contributed by atoms with Crippen molar-refractivity contribution in [2.24, 2.45) is 0 Å². The normalized spacial score (nSPS) is 10.7. The highest BCUT2D eigenvalue weighted by molar-refractivity contribution is 6.01. The summed E-state index contributed by atoms with van der Waals surface area (Å²) in [7, 11) is 0. The van der Waals surface area contributed by atoms with Crippen LogP contribution in [0.15, 0.2) is 54.1 Å². The minimum atomic E-state index is -0.410. The van der Waals surface area contributed by atoms with Crippen LogP contribution in [0.1, 0.15) is 32.3 Å². The summed E-state index contributed by atoms with van der Waals surface area (Å²) in [5.41, 5.74) is 1.31. The smallest absolute Gasteiger partial charge is 0.262 e. The molecular formula is C24H27N3O4. The number of para-hydroxylation sites is 1. The maximum absolute atomic E-state index is 12.2. The average Bonchev–Trinajstić information content (AvgIpc) is 2.78. The van der Waals surface area contributed by atoms with Crippen molar-refractivity contribution >= 4 is 23.6 Å². The molecule has 0 atom stereocenters. The number of benzene rings is 2. The number of carbonyl (C=O) groups excluding carboxylic acids is 2. The van der Waals surface area contributed by atoms with E-state index in [1.54, 1.807) is 30.3 Å². The maximum atomic E-state index is 12.2. The molecule has 0 unspecified atom stereocenters. The van der Waals surface area contributed by atoms with E-state index < -0.39 is 5.91 Å². The average molecular weight is 421 g/mol. The van der Waals surface area contributed by atoms with Gasteiger partial charge < -0.3 is 20.1 Å². The van der Waals surface area contributed by atoms with Crippen molar-refractivity contribution in [2.45, 2.75) is 26.7 Å². The molecule has 0 aromatic heterocycles. The lowest BCUT2D eigenvalue weighted by Crippen LogP contribution is -2.25.